The van der Waals surface area contributed by atoms with Gasteiger partial charge in [0.2, 0.25) is 0 Å². The number of carbonyl (C=O) groups is 1. The fourth-order valence-electron chi connectivity index (χ4n) is 0.780. The molecule has 0 atom stereocenters. The normalized spacial score (nSPS) is 9.53. The smallest absolute Gasteiger partial charge is 0.332 e. The van der Waals surface area contributed by atoms with Crippen molar-refractivity contribution in [3.8, 4) is 0 Å². The summed E-state index contributed by atoms with van der Waals surface area (Å²) in [7, 11) is 0. The van der Waals surface area contributed by atoms with Crippen molar-refractivity contribution in [1.82, 2.24) is 10.4 Å². The van der Waals surface area contributed by atoms with Crippen LogP contribution in [0.1, 0.15) is 12.5 Å². The fraction of sp³-hybridized carbons (Fsp3) is 0.125. The van der Waals surface area contributed by atoms with Crippen molar-refractivity contribution in [2.75, 3.05) is 0 Å². The molecule has 1 aromatic rings. The molecule has 5 N–H and O–H groups in total. The Morgan fingerprint density at radius 1 is 1.60 bits per heavy atom. The molecule has 1 rings (SSSR count). The maximum atomic E-state index is 10.3. The molecule has 0 fully saturated rings. The van der Waals surface area contributed by atoms with E-state index in [9.17, 15) is 4.79 Å². The highest BCUT2D eigenvalue weighted by atomic mass is 35.5. The van der Waals surface area contributed by atoms with E-state index < -0.39 is 6.03 Å². The van der Waals surface area contributed by atoms with Gasteiger partial charge in [-0.05, 0) is 13.0 Å². The van der Waals surface area contributed by atoms with Crippen molar-refractivity contribution < 1.29 is 10.3 Å². The van der Waals surface area contributed by atoms with E-state index in [1.165, 1.54) is 0 Å². The van der Waals surface area contributed by atoms with Crippen molar-refractivity contribution in [1.29, 1.82) is 0 Å². The number of urea groups is 1. The highest BCUT2D eigenvalue weighted by molar-refractivity contribution is 5.98. The Hall–Kier alpha value is -1.66. The Bertz CT molecular complexity index is 329. The molecule has 15 heavy (non-hydrogen) atoms. The number of pyridine rings is 1. The van der Waals surface area contributed by atoms with Crippen LogP contribution in [0.5, 0.6) is 0 Å². The summed E-state index contributed by atoms with van der Waals surface area (Å²) in [6.45, 7) is 1.76. The van der Waals surface area contributed by atoms with Crippen LogP contribution in [-0.4, -0.2) is 22.2 Å². The van der Waals surface area contributed by atoms with Gasteiger partial charge in [0, 0.05) is 18.0 Å². The third-order valence-electron chi connectivity index (χ3n) is 1.41. The van der Waals surface area contributed by atoms with Crippen molar-refractivity contribution >= 4 is 24.1 Å². The third-order valence-corrected chi connectivity index (χ3v) is 1.41. The number of halogens is 1. The van der Waals surface area contributed by atoms with Gasteiger partial charge >= 0.3 is 6.03 Å². The van der Waals surface area contributed by atoms with Crippen LogP contribution in [0.15, 0.2) is 29.6 Å². The first-order valence-corrected chi connectivity index (χ1v) is 3.70. The molecule has 0 aliphatic rings. The predicted octanol–water partition coefficient (Wildman–Crippen LogP) is 0.0710. The van der Waals surface area contributed by atoms with Crippen LogP contribution in [0.4, 0.5) is 4.79 Å². The van der Waals surface area contributed by atoms with Gasteiger partial charge in [-0.25, -0.2) is 10.2 Å². The van der Waals surface area contributed by atoms with E-state index in [1.807, 2.05) is 6.07 Å². The lowest BCUT2D eigenvalue weighted by molar-refractivity contribution is 0.249. The molecule has 0 spiro atoms. The van der Waals surface area contributed by atoms with E-state index in [0.717, 1.165) is 5.56 Å². The largest absolute Gasteiger partial charge is 0.412 e. The maximum absolute atomic E-state index is 10.3. The van der Waals surface area contributed by atoms with Gasteiger partial charge in [-0.3, -0.25) is 4.98 Å². The second kappa shape index (κ2) is 7.72. The SMILES string of the molecule is CC(=NNC(N)=O)c1cccnc1.Cl.O. The lowest BCUT2D eigenvalue weighted by Crippen LogP contribution is -2.25. The molecule has 1 heterocycles. The maximum Gasteiger partial charge on any atom is 0.332 e. The number of primary amides is 1. The van der Waals surface area contributed by atoms with Crippen molar-refractivity contribution in [3.05, 3.63) is 30.1 Å². The van der Waals surface area contributed by atoms with Gasteiger partial charge < -0.3 is 11.2 Å². The number of nitrogens with two attached hydrogens (primary N) is 1. The standard InChI is InChI=1S/C8H10N4O.ClH.H2O/c1-6(11-12-8(9)13)7-3-2-4-10-5-7;;/h2-5H,1H3,(H3,9,12,13);1H;1H2. The minimum absolute atomic E-state index is 0. The number of rotatable bonds is 2. The van der Waals surface area contributed by atoms with Crippen LogP contribution < -0.4 is 11.2 Å². The Balaban J connectivity index is 0. The van der Waals surface area contributed by atoms with Crippen LogP contribution in [0.25, 0.3) is 0 Å². The molecule has 0 aliphatic carbocycles. The first-order valence-electron chi connectivity index (χ1n) is 3.70. The van der Waals surface area contributed by atoms with Gasteiger partial charge in [-0.15, -0.1) is 12.4 Å². The first-order chi connectivity index (χ1) is 6.20. The van der Waals surface area contributed by atoms with E-state index >= 15 is 0 Å². The number of aromatic nitrogens is 1. The van der Waals surface area contributed by atoms with Gasteiger partial charge in [0.15, 0.2) is 0 Å². The molecule has 0 aromatic carbocycles. The summed E-state index contributed by atoms with van der Waals surface area (Å²) in [5.74, 6) is 0. The second-order valence-electron chi connectivity index (χ2n) is 2.41. The summed E-state index contributed by atoms with van der Waals surface area (Å²) in [4.78, 5) is 14.2. The highest BCUT2D eigenvalue weighted by Crippen LogP contribution is 1.96. The molecule has 0 aliphatic heterocycles. The molecule has 1 aromatic heterocycles. The second-order valence-corrected chi connectivity index (χ2v) is 2.41. The van der Waals surface area contributed by atoms with Gasteiger partial charge in [0.1, 0.15) is 0 Å². The number of hydrazone groups is 1. The number of nitrogens with zero attached hydrogens (tertiary/aromatic N) is 2. The zero-order valence-corrected chi connectivity index (χ0v) is 8.91. The molecule has 0 unspecified atom stereocenters. The summed E-state index contributed by atoms with van der Waals surface area (Å²) in [5, 5.41) is 3.75. The lowest BCUT2D eigenvalue weighted by atomic mass is 10.2. The minimum Gasteiger partial charge on any atom is -0.412 e. The molecular weight excluding hydrogens is 220 g/mol. The number of hydrogen-bond donors (Lipinski definition) is 2. The molecule has 0 saturated heterocycles. The highest BCUT2D eigenvalue weighted by Gasteiger charge is 1.96. The van der Waals surface area contributed by atoms with E-state index in [0.29, 0.717) is 5.71 Å². The van der Waals surface area contributed by atoms with E-state index in [-0.39, 0.29) is 17.9 Å². The Kier molecular flexibility index (Phi) is 8.13. The Labute approximate surface area is 93.3 Å². The summed E-state index contributed by atoms with van der Waals surface area (Å²) >= 11 is 0. The quantitative estimate of drug-likeness (QED) is 0.555. The topological polar surface area (TPSA) is 112 Å². The average Bonchev–Trinajstić information content (AvgIpc) is 2.15. The predicted molar refractivity (Wildman–Crippen MR) is 60.0 cm³/mol. The zero-order valence-electron chi connectivity index (χ0n) is 8.10. The zero-order chi connectivity index (χ0) is 9.68. The van der Waals surface area contributed by atoms with Crippen LogP contribution in [-0.2, 0) is 0 Å². The monoisotopic (exact) mass is 232 g/mol. The average molecular weight is 233 g/mol. The van der Waals surface area contributed by atoms with Crippen LogP contribution >= 0.6 is 12.4 Å². The van der Waals surface area contributed by atoms with Gasteiger partial charge in [0.25, 0.3) is 0 Å². The van der Waals surface area contributed by atoms with Gasteiger partial charge in [-0.2, -0.15) is 5.10 Å². The van der Waals surface area contributed by atoms with E-state index in [2.05, 4.69) is 15.5 Å². The van der Waals surface area contributed by atoms with Crippen LogP contribution in [0.3, 0.4) is 0 Å². The molecule has 0 radical (unpaired) electrons. The minimum atomic E-state index is -0.678. The summed E-state index contributed by atoms with van der Waals surface area (Å²) in [6, 6.07) is 2.95. The third kappa shape index (κ3) is 5.61. The lowest BCUT2D eigenvalue weighted by Gasteiger charge is -1.98. The number of amides is 2. The molecular formula is C8H13ClN4O2. The van der Waals surface area contributed by atoms with Crippen LogP contribution in [0, 0.1) is 0 Å². The summed E-state index contributed by atoms with van der Waals surface area (Å²) in [5.41, 5.74) is 8.49. The van der Waals surface area contributed by atoms with Crippen molar-refractivity contribution in [3.63, 3.8) is 0 Å². The fourth-order valence-corrected chi connectivity index (χ4v) is 0.780. The number of nitrogens with one attached hydrogen (secondary N) is 1. The Morgan fingerprint density at radius 3 is 2.73 bits per heavy atom. The molecule has 0 bridgehead atoms. The molecule has 7 heteroatoms. The van der Waals surface area contributed by atoms with Crippen molar-refractivity contribution in [2.45, 2.75) is 6.92 Å². The van der Waals surface area contributed by atoms with E-state index in [1.54, 1.807) is 25.4 Å². The number of hydrogen-bond acceptors (Lipinski definition) is 3. The van der Waals surface area contributed by atoms with E-state index in [4.69, 9.17) is 5.73 Å². The molecule has 0 saturated carbocycles. The molecule has 2 amide bonds. The van der Waals surface area contributed by atoms with Gasteiger partial charge in [0.05, 0.1) is 5.71 Å². The Morgan fingerprint density at radius 2 is 2.27 bits per heavy atom. The molecule has 84 valence electrons. The molecule has 6 nitrogen and oxygen atoms in total. The van der Waals surface area contributed by atoms with Gasteiger partial charge in [-0.1, -0.05) is 6.07 Å². The summed E-state index contributed by atoms with van der Waals surface area (Å²) in [6.07, 6.45) is 3.32. The summed E-state index contributed by atoms with van der Waals surface area (Å²) < 4.78 is 0. The van der Waals surface area contributed by atoms with Crippen molar-refractivity contribution in [2.24, 2.45) is 10.8 Å². The van der Waals surface area contributed by atoms with Crippen LogP contribution in [0.2, 0.25) is 0 Å². The first kappa shape index (κ1) is 15.8. The number of carbonyl (C=O) groups excluding carboxylic acids is 1.